The molecule has 0 unspecified atom stereocenters. The zero-order chi connectivity index (χ0) is 17.6. The van der Waals surface area contributed by atoms with Crippen molar-refractivity contribution in [2.24, 2.45) is 0 Å². The summed E-state index contributed by atoms with van der Waals surface area (Å²) in [5.41, 5.74) is 1.42. The van der Waals surface area contributed by atoms with Gasteiger partial charge in [0.25, 0.3) is 5.56 Å². The van der Waals surface area contributed by atoms with Crippen molar-refractivity contribution in [2.75, 3.05) is 19.5 Å². The van der Waals surface area contributed by atoms with Crippen LogP contribution in [0.1, 0.15) is 5.56 Å². The van der Waals surface area contributed by atoms with Crippen LogP contribution >= 0.6 is 0 Å². The van der Waals surface area contributed by atoms with Crippen LogP contribution in [-0.2, 0) is 6.54 Å². The third kappa shape index (κ3) is 3.63. The normalized spacial score (nSPS) is 10.3. The van der Waals surface area contributed by atoms with E-state index in [-0.39, 0.29) is 11.4 Å². The van der Waals surface area contributed by atoms with E-state index >= 15 is 0 Å². The summed E-state index contributed by atoms with van der Waals surface area (Å²) in [6, 6.07) is 15.0. The van der Waals surface area contributed by atoms with E-state index in [2.05, 4.69) is 10.3 Å². The minimum absolute atomic E-state index is 0.241. The van der Waals surface area contributed by atoms with E-state index in [9.17, 15) is 4.79 Å². The fraction of sp³-hybridized carbons (Fsp3) is 0.158. The van der Waals surface area contributed by atoms with Gasteiger partial charge in [-0.1, -0.05) is 24.3 Å². The van der Waals surface area contributed by atoms with Crippen molar-refractivity contribution in [1.82, 2.24) is 9.55 Å². The van der Waals surface area contributed by atoms with Crippen molar-refractivity contribution in [1.29, 1.82) is 0 Å². The van der Waals surface area contributed by atoms with E-state index in [0.717, 1.165) is 11.3 Å². The highest BCUT2D eigenvalue weighted by atomic mass is 16.5. The molecule has 0 atom stereocenters. The zero-order valence-corrected chi connectivity index (χ0v) is 14.1. The molecule has 0 saturated carbocycles. The predicted molar refractivity (Wildman–Crippen MR) is 96.7 cm³/mol. The maximum absolute atomic E-state index is 12.7. The Kier molecular flexibility index (Phi) is 4.99. The molecule has 6 heteroatoms. The van der Waals surface area contributed by atoms with Crippen LogP contribution in [-0.4, -0.2) is 23.8 Å². The molecule has 1 heterocycles. The number of hydrogen-bond donors (Lipinski definition) is 1. The number of rotatable bonds is 6. The average molecular weight is 337 g/mol. The lowest BCUT2D eigenvalue weighted by atomic mass is 10.2. The van der Waals surface area contributed by atoms with Crippen molar-refractivity contribution in [3.05, 3.63) is 76.8 Å². The zero-order valence-electron chi connectivity index (χ0n) is 14.1. The SMILES string of the molecule is COc1cccc(CNc2nccn(-c3ccccc3OC)c2=O)c1. The minimum Gasteiger partial charge on any atom is -0.497 e. The maximum Gasteiger partial charge on any atom is 0.297 e. The summed E-state index contributed by atoms with van der Waals surface area (Å²) >= 11 is 0. The third-order valence-corrected chi connectivity index (χ3v) is 3.78. The van der Waals surface area contributed by atoms with Crippen LogP contribution in [0.2, 0.25) is 0 Å². The Morgan fingerprint density at radius 1 is 1.08 bits per heavy atom. The van der Waals surface area contributed by atoms with Crippen molar-refractivity contribution in [3.63, 3.8) is 0 Å². The fourth-order valence-corrected chi connectivity index (χ4v) is 2.52. The molecular formula is C19H19N3O3. The number of benzene rings is 2. The van der Waals surface area contributed by atoms with Crippen molar-refractivity contribution in [2.45, 2.75) is 6.54 Å². The molecule has 0 aliphatic rings. The number of methoxy groups -OCH3 is 2. The van der Waals surface area contributed by atoms with Gasteiger partial charge >= 0.3 is 0 Å². The maximum atomic E-state index is 12.7. The van der Waals surface area contributed by atoms with Crippen LogP contribution in [0, 0.1) is 0 Å². The number of nitrogens with zero attached hydrogens (tertiary/aromatic N) is 2. The number of aromatic nitrogens is 2. The quantitative estimate of drug-likeness (QED) is 0.749. The number of ether oxygens (including phenoxy) is 2. The summed E-state index contributed by atoms with van der Waals surface area (Å²) in [6.45, 7) is 0.468. The Bertz CT molecular complexity index is 922. The summed E-state index contributed by atoms with van der Waals surface area (Å²) in [5.74, 6) is 1.66. The Hall–Kier alpha value is -3.28. The topological polar surface area (TPSA) is 65.4 Å². The fourth-order valence-electron chi connectivity index (χ4n) is 2.52. The van der Waals surface area contributed by atoms with Gasteiger partial charge in [0, 0.05) is 18.9 Å². The van der Waals surface area contributed by atoms with Gasteiger partial charge in [0.1, 0.15) is 11.5 Å². The van der Waals surface area contributed by atoms with Gasteiger partial charge < -0.3 is 14.8 Å². The molecule has 2 aromatic carbocycles. The lowest BCUT2D eigenvalue weighted by Gasteiger charge is -2.12. The van der Waals surface area contributed by atoms with Crippen molar-refractivity contribution in [3.8, 4) is 17.2 Å². The van der Waals surface area contributed by atoms with Crippen LogP contribution in [0.15, 0.2) is 65.7 Å². The third-order valence-electron chi connectivity index (χ3n) is 3.78. The van der Waals surface area contributed by atoms with Gasteiger partial charge in [-0.2, -0.15) is 0 Å². The van der Waals surface area contributed by atoms with Gasteiger partial charge in [-0.25, -0.2) is 4.98 Å². The van der Waals surface area contributed by atoms with Crippen LogP contribution in [0.3, 0.4) is 0 Å². The van der Waals surface area contributed by atoms with Gasteiger partial charge in [0.2, 0.25) is 0 Å². The van der Waals surface area contributed by atoms with E-state index in [0.29, 0.717) is 18.0 Å². The molecule has 0 spiro atoms. The first-order valence-corrected chi connectivity index (χ1v) is 7.81. The van der Waals surface area contributed by atoms with Crippen molar-refractivity contribution < 1.29 is 9.47 Å². The van der Waals surface area contributed by atoms with Crippen LogP contribution in [0.5, 0.6) is 11.5 Å². The summed E-state index contributed by atoms with van der Waals surface area (Å²) in [4.78, 5) is 16.9. The molecule has 0 radical (unpaired) electrons. The molecule has 3 rings (SSSR count). The van der Waals surface area contributed by atoms with E-state index in [1.807, 2.05) is 48.5 Å². The first kappa shape index (κ1) is 16.6. The second kappa shape index (κ2) is 7.53. The highest BCUT2D eigenvalue weighted by Gasteiger charge is 2.10. The predicted octanol–water partition coefficient (Wildman–Crippen LogP) is 2.86. The minimum atomic E-state index is -0.241. The van der Waals surface area contributed by atoms with Crippen LogP contribution < -0.4 is 20.3 Å². The Morgan fingerprint density at radius 2 is 1.92 bits per heavy atom. The molecule has 0 fully saturated rings. The molecule has 6 nitrogen and oxygen atoms in total. The Balaban J connectivity index is 1.87. The number of para-hydroxylation sites is 2. The summed E-state index contributed by atoms with van der Waals surface area (Å²) in [6.07, 6.45) is 3.21. The molecule has 25 heavy (non-hydrogen) atoms. The monoisotopic (exact) mass is 337 g/mol. The lowest BCUT2D eigenvalue weighted by Crippen LogP contribution is -2.23. The molecule has 1 N–H and O–H groups in total. The first-order valence-electron chi connectivity index (χ1n) is 7.81. The van der Waals surface area contributed by atoms with E-state index in [4.69, 9.17) is 9.47 Å². The number of hydrogen-bond acceptors (Lipinski definition) is 5. The van der Waals surface area contributed by atoms with Gasteiger partial charge in [-0.15, -0.1) is 0 Å². The van der Waals surface area contributed by atoms with E-state index in [1.54, 1.807) is 26.6 Å². The van der Waals surface area contributed by atoms with Gasteiger partial charge in [-0.05, 0) is 29.8 Å². The van der Waals surface area contributed by atoms with Crippen LogP contribution in [0.25, 0.3) is 5.69 Å². The largest absolute Gasteiger partial charge is 0.497 e. The molecule has 0 amide bonds. The highest BCUT2D eigenvalue weighted by molar-refractivity contribution is 5.48. The van der Waals surface area contributed by atoms with E-state index < -0.39 is 0 Å². The second-order valence-corrected chi connectivity index (χ2v) is 5.33. The summed E-state index contributed by atoms with van der Waals surface area (Å²) < 4.78 is 12.1. The molecule has 0 aliphatic heterocycles. The van der Waals surface area contributed by atoms with Gasteiger partial charge in [0.15, 0.2) is 5.82 Å². The van der Waals surface area contributed by atoms with Gasteiger partial charge in [-0.3, -0.25) is 9.36 Å². The molecule has 1 aromatic heterocycles. The molecule has 0 aliphatic carbocycles. The standard InChI is InChI=1S/C19H19N3O3/c1-24-15-7-5-6-14(12-15)13-21-18-19(23)22(11-10-20-18)16-8-3-4-9-17(16)25-2/h3-12H,13H2,1-2H3,(H,20,21). The number of anilines is 1. The first-order chi connectivity index (χ1) is 12.2. The Labute approximate surface area is 145 Å². The highest BCUT2D eigenvalue weighted by Crippen LogP contribution is 2.20. The lowest BCUT2D eigenvalue weighted by molar-refractivity contribution is 0.412. The van der Waals surface area contributed by atoms with Gasteiger partial charge in [0.05, 0.1) is 19.9 Å². The molecular weight excluding hydrogens is 318 g/mol. The number of nitrogens with one attached hydrogen (secondary N) is 1. The molecule has 3 aromatic rings. The second-order valence-electron chi connectivity index (χ2n) is 5.33. The molecule has 0 bridgehead atoms. The summed E-state index contributed by atoms with van der Waals surface area (Å²) in [5, 5.41) is 3.09. The van der Waals surface area contributed by atoms with Crippen LogP contribution in [0.4, 0.5) is 5.82 Å². The molecule has 0 saturated heterocycles. The average Bonchev–Trinajstić information content (AvgIpc) is 2.67. The smallest absolute Gasteiger partial charge is 0.297 e. The molecule has 128 valence electrons. The summed E-state index contributed by atoms with van der Waals surface area (Å²) in [7, 11) is 3.20. The Morgan fingerprint density at radius 3 is 2.72 bits per heavy atom. The van der Waals surface area contributed by atoms with E-state index in [1.165, 1.54) is 4.57 Å². The van der Waals surface area contributed by atoms with Crippen molar-refractivity contribution >= 4 is 5.82 Å².